The molecule has 2 aromatic rings. The summed E-state index contributed by atoms with van der Waals surface area (Å²) in [6.45, 7) is -0.225. The number of aliphatic hydroxyl groups excluding tert-OH is 1. The summed E-state index contributed by atoms with van der Waals surface area (Å²) in [6, 6.07) is 9.57. The van der Waals surface area contributed by atoms with Gasteiger partial charge in [0.15, 0.2) is 0 Å². The number of carbonyl (C=O) groups excluding carboxylic acids is 1. The number of nitrogens with zero attached hydrogens (tertiary/aromatic N) is 1. The summed E-state index contributed by atoms with van der Waals surface area (Å²) in [5, 5.41) is 12.8. The molecule has 1 unspecified atom stereocenters. The van der Waals surface area contributed by atoms with E-state index in [0.29, 0.717) is 10.8 Å². The molecular formula is C15H15ClN2O3. The van der Waals surface area contributed by atoms with Crippen LogP contribution in [-0.2, 0) is 0 Å². The number of hydrogen-bond acceptors (Lipinski definition) is 4. The van der Waals surface area contributed by atoms with Gasteiger partial charge in [0.25, 0.3) is 5.91 Å². The second kappa shape index (κ2) is 7.06. The number of aliphatic hydroxyl groups is 1. The third-order valence-electron chi connectivity index (χ3n) is 2.96. The molecule has 0 saturated heterocycles. The van der Waals surface area contributed by atoms with E-state index in [0.717, 1.165) is 5.56 Å². The molecule has 1 amide bonds. The molecule has 0 aliphatic heterocycles. The van der Waals surface area contributed by atoms with Gasteiger partial charge in [0, 0.05) is 17.3 Å². The van der Waals surface area contributed by atoms with E-state index in [1.165, 1.54) is 19.4 Å². The lowest BCUT2D eigenvalue weighted by atomic mass is 10.1. The number of benzene rings is 1. The number of amides is 1. The van der Waals surface area contributed by atoms with Crippen molar-refractivity contribution in [3.8, 4) is 5.75 Å². The van der Waals surface area contributed by atoms with Crippen LogP contribution in [0.4, 0.5) is 0 Å². The minimum atomic E-state index is -0.525. The fourth-order valence-electron chi connectivity index (χ4n) is 1.82. The third-order valence-corrected chi connectivity index (χ3v) is 3.21. The lowest BCUT2D eigenvalue weighted by molar-refractivity contribution is 0.0910. The van der Waals surface area contributed by atoms with E-state index in [1.807, 2.05) is 0 Å². The van der Waals surface area contributed by atoms with Crippen LogP contribution in [0.3, 0.4) is 0 Å². The van der Waals surface area contributed by atoms with E-state index in [1.54, 1.807) is 30.3 Å². The highest BCUT2D eigenvalue weighted by Crippen LogP contribution is 2.17. The van der Waals surface area contributed by atoms with Gasteiger partial charge in [-0.2, -0.15) is 0 Å². The minimum absolute atomic E-state index is 0.224. The van der Waals surface area contributed by atoms with Crippen LogP contribution in [0.25, 0.3) is 0 Å². The Morgan fingerprint density at radius 2 is 2.10 bits per heavy atom. The molecule has 2 N–H and O–H groups in total. The Kier molecular flexibility index (Phi) is 5.14. The number of methoxy groups -OCH3 is 1. The zero-order chi connectivity index (χ0) is 15.2. The number of pyridine rings is 1. The van der Waals surface area contributed by atoms with Gasteiger partial charge in [-0.05, 0) is 23.8 Å². The van der Waals surface area contributed by atoms with Crippen molar-refractivity contribution in [2.75, 3.05) is 13.7 Å². The van der Waals surface area contributed by atoms with Gasteiger partial charge in [0.2, 0.25) is 0 Å². The first-order valence-electron chi connectivity index (χ1n) is 6.31. The third kappa shape index (κ3) is 3.93. The van der Waals surface area contributed by atoms with Crippen LogP contribution in [0.2, 0.25) is 5.02 Å². The number of hydrogen-bond donors (Lipinski definition) is 2. The first-order chi connectivity index (χ1) is 10.1. The maximum Gasteiger partial charge on any atom is 0.270 e. The molecule has 1 aromatic heterocycles. The Hall–Kier alpha value is -2.11. The summed E-state index contributed by atoms with van der Waals surface area (Å²) in [5.41, 5.74) is 0.986. The van der Waals surface area contributed by atoms with Crippen LogP contribution in [0.15, 0.2) is 42.6 Å². The van der Waals surface area contributed by atoms with E-state index in [4.69, 9.17) is 16.3 Å². The van der Waals surface area contributed by atoms with Crippen molar-refractivity contribution in [3.63, 3.8) is 0 Å². The van der Waals surface area contributed by atoms with Crippen LogP contribution >= 0.6 is 11.6 Å². The van der Waals surface area contributed by atoms with Crippen molar-refractivity contribution in [3.05, 3.63) is 58.9 Å². The van der Waals surface area contributed by atoms with Crippen molar-refractivity contribution in [1.29, 1.82) is 0 Å². The zero-order valence-corrected chi connectivity index (χ0v) is 12.2. The fraction of sp³-hybridized carbons (Fsp3) is 0.200. The Bertz CT molecular complexity index is 617. The molecule has 5 nitrogen and oxygen atoms in total. The van der Waals surface area contributed by atoms with Gasteiger partial charge < -0.3 is 15.2 Å². The van der Waals surface area contributed by atoms with Gasteiger partial charge in [-0.1, -0.05) is 23.7 Å². The Morgan fingerprint density at radius 1 is 1.38 bits per heavy atom. The number of rotatable bonds is 5. The highest BCUT2D eigenvalue weighted by atomic mass is 35.5. The molecule has 2 rings (SSSR count). The first kappa shape index (κ1) is 15.3. The molecule has 0 aliphatic carbocycles. The topological polar surface area (TPSA) is 71.5 Å². The maximum absolute atomic E-state index is 12.2. The highest BCUT2D eigenvalue weighted by molar-refractivity contribution is 6.30. The number of carbonyl (C=O) groups is 1. The van der Waals surface area contributed by atoms with Crippen LogP contribution < -0.4 is 10.1 Å². The smallest absolute Gasteiger partial charge is 0.270 e. The number of halogens is 1. The Labute approximate surface area is 127 Å². The van der Waals surface area contributed by atoms with Crippen molar-refractivity contribution in [2.45, 2.75) is 6.04 Å². The lowest BCUT2D eigenvalue weighted by Gasteiger charge is -2.16. The molecule has 1 aromatic carbocycles. The second-order valence-electron chi connectivity index (χ2n) is 4.34. The quantitative estimate of drug-likeness (QED) is 0.888. The zero-order valence-electron chi connectivity index (χ0n) is 11.4. The van der Waals surface area contributed by atoms with Crippen molar-refractivity contribution >= 4 is 17.5 Å². The summed E-state index contributed by atoms with van der Waals surface area (Å²) >= 11 is 5.82. The number of ether oxygens (including phenoxy) is 1. The van der Waals surface area contributed by atoms with E-state index in [-0.39, 0.29) is 18.2 Å². The van der Waals surface area contributed by atoms with Gasteiger partial charge in [-0.25, -0.2) is 0 Å². The molecular weight excluding hydrogens is 292 g/mol. The molecule has 0 fully saturated rings. The Morgan fingerprint density at radius 3 is 2.71 bits per heavy atom. The van der Waals surface area contributed by atoms with E-state index >= 15 is 0 Å². The van der Waals surface area contributed by atoms with E-state index in [9.17, 15) is 9.90 Å². The summed E-state index contributed by atoms with van der Waals surface area (Å²) in [7, 11) is 1.52. The van der Waals surface area contributed by atoms with Gasteiger partial charge >= 0.3 is 0 Å². The lowest BCUT2D eigenvalue weighted by Crippen LogP contribution is -2.31. The molecule has 6 heteroatoms. The summed E-state index contributed by atoms with van der Waals surface area (Å²) in [5.74, 6) is 0.157. The maximum atomic E-state index is 12.2. The SMILES string of the molecule is COc1ccnc(C(=O)NC(CO)c2ccc(Cl)cc2)c1. The van der Waals surface area contributed by atoms with Gasteiger partial charge in [0.1, 0.15) is 11.4 Å². The number of aromatic nitrogens is 1. The molecule has 0 aliphatic rings. The average molecular weight is 307 g/mol. The average Bonchev–Trinajstić information content (AvgIpc) is 2.53. The highest BCUT2D eigenvalue weighted by Gasteiger charge is 2.16. The minimum Gasteiger partial charge on any atom is -0.497 e. The Balaban J connectivity index is 2.14. The standard InChI is InChI=1S/C15H15ClN2O3/c1-21-12-6-7-17-13(8-12)15(20)18-14(9-19)10-2-4-11(16)5-3-10/h2-8,14,19H,9H2,1H3,(H,18,20). The predicted molar refractivity (Wildman–Crippen MR) is 79.5 cm³/mol. The monoisotopic (exact) mass is 306 g/mol. The van der Waals surface area contributed by atoms with Gasteiger partial charge in [0.05, 0.1) is 19.8 Å². The first-order valence-corrected chi connectivity index (χ1v) is 6.69. The predicted octanol–water partition coefficient (Wildman–Crippen LogP) is 2.21. The van der Waals surface area contributed by atoms with Gasteiger partial charge in [-0.3, -0.25) is 9.78 Å². The molecule has 0 spiro atoms. The van der Waals surface area contributed by atoms with Crippen LogP contribution in [0.1, 0.15) is 22.1 Å². The molecule has 21 heavy (non-hydrogen) atoms. The van der Waals surface area contributed by atoms with Crippen molar-refractivity contribution in [2.24, 2.45) is 0 Å². The molecule has 1 heterocycles. The second-order valence-corrected chi connectivity index (χ2v) is 4.78. The van der Waals surface area contributed by atoms with E-state index < -0.39 is 6.04 Å². The van der Waals surface area contributed by atoms with Crippen LogP contribution in [0, 0.1) is 0 Å². The fourth-order valence-corrected chi connectivity index (χ4v) is 1.95. The largest absolute Gasteiger partial charge is 0.497 e. The molecule has 0 saturated carbocycles. The van der Waals surface area contributed by atoms with Crippen LogP contribution in [-0.4, -0.2) is 29.7 Å². The van der Waals surface area contributed by atoms with Crippen molar-refractivity contribution < 1.29 is 14.6 Å². The molecule has 0 bridgehead atoms. The molecule has 1 atom stereocenters. The molecule has 0 radical (unpaired) electrons. The van der Waals surface area contributed by atoms with E-state index in [2.05, 4.69) is 10.3 Å². The van der Waals surface area contributed by atoms with Crippen molar-refractivity contribution in [1.82, 2.24) is 10.3 Å². The van der Waals surface area contributed by atoms with Gasteiger partial charge in [-0.15, -0.1) is 0 Å². The molecule has 110 valence electrons. The normalized spacial score (nSPS) is 11.8. The van der Waals surface area contributed by atoms with Crippen LogP contribution in [0.5, 0.6) is 5.75 Å². The number of nitrogens with one attached hydrogen (secondary N) is 1. The summed E-state index contributed by atoms with van der Waals surface area (Å²) in [6.07, 6.45) is 1.49. The summed E-state index contributed by atoms with van der Waals surface area (Å²) in [4.78, 5) is 16.1. The summed E-state index contributed by atoms with van der Waals surface area (Å²) < 4.78 is 5.05.